The molecule has 0 aliphatic heterocycles. The van der Waals surface area contributed by atoms with E-state index in [4.69, 9.17) is 4.42 Å². The summed E-state index contributed by atoms with van der Waals surface area (Å²) in [5.41, 5.74) is 11.5. The molecule has 1 heterocycles. The van der Waals surface area contributed by atoms with Crippen LogP contribution in [0.15, 0.2) is 174 Å². The monoisotopic (exact) mass is 587 g/mol. The van der Waals surface area contributed by atoms with Crippen molar-refractivity contribution in [1.82, 2.24) is 0 Å². The summed E-state index contributed by atoms with van der Waals surface area (Å²) in [7, 11) is 0. The SMILES string of the molecule is [CH3-].c1ccc(-c2c3ccccc3c(-c3ccccc3)c3cc(-c4ccc(-c5cccc6c5oc5ccccc56)cc4)ccc23)cc1. The third-order valence-corrected chi connectivity index (χ3v) is 9.08. The second-order valence-corrected chi connectivity index (χ2v) is 11.6. The van der Waals surface area contributed by atoms with E-state index in [9.17, 15) is 0 Å². The van der Waals surface area contributed by atoms with Gasteiger partial charge in [-0.15, -0.1) is 0 Å². The smallest absolute Gasteiger partial charge is 0.143 e. The molecule has 0 spiro atoms. The van der Waals surface area contributed by atoms with Gasteiger partial charge < -0.3 is 11.8 Å². The molecule has 0 bridgehead atoms. The summed E-state index contributed by atoms with van der Waals surface area (Å²) < 4.78 is 6.34. The zero-order valence-corrected chi connectivity index (χ0v) is 25.6. The van der Waals surface area contributed by atoms with Gasteiger partial charge in [0.2, 0.25) is 0 Å². The molecule has 46 heavy (non-hydrogen) atoms. The molecule has 8 aromatic carbocycles. The first-order valence-corrected chi connectivity index (χ1v) is 15.4. The summed E-state index contributed by atoms with van der Waals surface area (Å²) in [5, 5.41) is 7.35. The number of furan rings is 1. The van der Waals surface area contributed by atoms with Crippen molar-refractivity contribution < 1.29 is 4.42 Å². The lowest BCUT2D eigenvalue weighted by Gasteiger charge is -2.18. The molecule has 9 rings (SSSR count). The third-order valence-electron chi connectivity index (χ3n) is 9.08. The van der Waals surface area contributed by atoms with Crippen LogP contribution in [0, 0.1) is 7.43 Å². The minimum Gasteiger partial charge on any atom is -0.455 e. The van der Waals surface area contributed by atoms with E-state index >= 15 is 0 Å². The summed E-state index contributed by atoms with van der Waals surface area (Å²) in [5.74, 6) is 0. The maximum atomic E-state index is 6.34. The van der Waals surface area contributed by atoms with Crippen molar-refractivity contribution in [3.8, 4) is 44.5 Å². The largest absolute Gasteiger partial charge is 0.455 e. The van der Waals surface area contributed by atoms with Gasteiger partial charge in [0.25, 0.3) is 0 Å². The third kappa shape index (κ3) is 4.40. The van der Waals surface area contributed by atoms with Gasteiger partial charge in [-0.25, -0.2) is 0 Å². The Balaban J connectivity index is 0.00000312. The standard InChI is InChI=1S/C44H28O.CH3/c1-3-12-31(13-4-1)42-36-17-7-8-18-37(36)43(32-14-5-2-6-15-32)40-28-33(26-27-38(40)42)29-22-24-30(25-23-29)34-19-11-20-39-35-16-9-10-21-41(35)45-44(34)39;/h1-28H;1H3/q;-1. The average Bonchev–Trinajstić information content (AvgIpc) is 3.50. The van der Waals surface area contributed by atoms with Crippen molar-refractivity contribution in [1.29, 1.82) is 0 Å². The van der Waals surface area contributed by atoms with Crippen LogP contribution in [0.5, 0.6) is 0 Å². The van der Waals surface area contributed by atoms with Crippen LogP contribution in [-0.4, -0.2) is 0 Å². The minimum atomic E-state index is 0. The van der Waals surface area contributed by atoms with Gasteiger partial charge in [-0.1, -0.05) is 158 Å². The molecule has 0 radical (unpaired) electrons. The highest BCUT2D eigenvalue weighted by atomic mass is 16.3. The van der Waals surface area contributed by atoms with Crippen LogP contribution in [0.1, 0.15) is 0 Å². The van der Waals surface area contributed by atoms with Gasteiger partial charge in [0, 0.05) is 16.3 Å². The molecule has 0 atom stereocenters. The maximum absolute atomic E-state index is 6.34. The van der Waals surface area contributed by atoms with Crippen LogP contribution in [0.4, 0.5) is 0 Å². The highest BCUT2D eigenvalue weighted by Crippen LogP contribution is 2.45. The molecular formula is C45H31O-. The second kappa shape index (κ2) is 11.2. The van der Waals surface area contributed by atoms with Crippen molar-refractivity contribution in [2.24, 2.45) is 0 Å². The molecule has 218 valence electrons. The Kier molecular flexibility index (Phi) is 6.73. The number of benzene rings is 8. The summed E-state index contributed by atoms with van der Waals surface area (Å²) >= 11 is 0. The fraction of sp³-hybridized carbons (Fsp3) is 0. The fourth-order valence-electron chi connectivity index (χ4n) is 7.01. The Morgan fingerprint density at radius 1 is 0.304 bits per heavy atom. The molecule has 0 saturated heterocycles. The summed E-state index contributed by atoms with van der Waals surface area (Å²) in [6, 6.07) is 61.0. The van der Waals surface area contributed by atoms with E-state index in [1.807, 2.05) is 12.1 Å². The fourth-order valence-corrected chi connectivity index (χ4v) is 7.01. The van der Waals surface area contributed by atoms with Gasteiger partial charge in [-0.3, -0.25) is 0 Å². The van der Waals surface area contributed by atoms with Crippen LogP contribution >= 0.6 is 0 Å². The summed E-state index contributed by atoms with van der Waals surface area (Å²) in [4.78, 5) is 0. The van der Waals surface area contributed by atoms with E-state index < -0.39 is 0 Å². The Bertz CT molecular complexity index is 2500. The molecule has 0 unspecified atom stereocenters. The van der Waals surface area contributed by atoms with E-state index in [1.165, 1.54) is 54.9 Å². The van der Waals surface area contributed by atoms with E-state index in [0.29, 0.717) is 0 Å². The van der Waals surface area contributed by atoms with Crippen LogP contribution in [0.2, 0.25) is 0 Å². The molecule has 1 aromatic heterocycles. The molecule has 0 saturated carbocycles. The highest BCUT2D eigenvalue weighted by Gasteiger charge is 2.17. The molecular weight excluding hydrogens is 556 g/mol. The van der Waals surface area contributed by atoms with Crippen LogP contribution in [-0.2, 0) is 0 Å². The topological polar surface area (TPSA) is 13.1 Å². The first kappa shape index (κ1) is 27.6. The van der Waals surface area contributed by atoms with Crippen molar-refractivity contribution in [3.05, 3.63) is 177 Å². The summed E-state index contributed by atoms with van der Waals surface area (Å²) in [6.07, 6.45) is 0. The van der Waals surface area contributed by atoms with Crippen LogP contribution in [0.3, 0.4) is 0 Å². The lowest BCUT2D eigenvalue weighted by Crippen LogP contribution is -1.91. The number of hydrogen-bond donors (Lipinski definition) is 0. The van der Waals surface area contributed by atoms with Crippen molar-refractivity contribution in [3.63, 3.8) is 0 Å². The first-order chi connectivity index (χ1) is 22.3. The molecule has 0 N–H and O–H groups in total. The van der Waals surface area contributed by atoms with E-state index in [1.54, 1.807) is 0 Å². The quantitative estimate of drug-likeness (QED) is 0.147. The number of rotatable bonds is 4. The first-order valence-electron chi connectivity index (χ1n) is 15.4. The van der Waals surface area contributed by atoms with Crippen LogP contribution < -0.4 is 0 Å². The Morgan fingerprint density at radius 2 is 0.804 bits per heavy atom. The second-order valence-electron chi connectivity index (χ2n) is 11.6. The van der Waals surface area contributed by atoms with Crippen molar-refractivity contribution >= 4 is 43.5 Å². The van der Waals surface area contributed by atoms with Gasteiger partial charge in [-0.05, 0) is 72.6 Å². The van der Waals surface area contributed by atoms with Gasteiger partial charge in [0.1, 0.15) is 11.2 Å². The Morgan fingerprint density at radius 3 is 1.48 bits per heavy atom. The average molecular weight is 588 g/mol. The van der Waals surface area contributed by atoms with Crippen molar-refractivity contribution in [2.75, 3.05) is 0 Å². The minimum absolute atomic E-state index is 0. The van der Waals surface area contributed by atoms with E-state index in [2.05, 4.69) is 158 Å². The molecule has 9 aromatic rings. The normalized spacial score (nSPS) is 11.3. The predicted octanol–water partition coefficient (Wildman–Crippen LogP) is 13.0. The van der Waals surface area contributed by atoms with Gasteiger partial charge in [0.05, 0.1) is 0 Å². The molecule has 1 nitrogen and oxygen atoms in total. The Labute approximate surface area is 269 Å². The van der Waals surface area contributed by atoms with Crippen LogP contribution in [0.25, 0.3) is 88.0 Å². The summed E-state index contributed by atoms with van der Waals surface area (Å²) in [6.45, 7) is 0. The molecule has 0 aliphatic rings. The molecule has 1 heteroatoms. The van der Waals surface area contributed by atoms with E-state index in [-0.39, 0.29) is 7.43 Å². The lowest BCUT2D eigenvalue weighted by atomic mass is 9.85. The van der Waals surface area contributed by atoms with Gasteiger partial charge in [0.15, 0.2) is 0 Å². The number of hydrogen-bond acceptors (Lipinski definition) is 1. The van der Waals surface area contributed by atoms with Crippen molar-refractivity contribution in [2.45, 2.75) is 0 Å². The van der Waals surface area contributed by atoms with Gasteiger partial charge in [-0.2, -0.15) is 0 Å². The highest BCUT2D eigenvalue weighted by molar-refractivity contribution is 6.22. The number of fused-ring (bicyclic) bond motifs is 5. The molecule has 0 aliphatic carbocycles. The zero-order chi connectivity index (χ0) is 29.7. The maximum Gasteiger partial charge on any atom is 0.143 e. The predicted molar refractivity (Wildman–Crippen MR) is 197 cm³/mol. The molecule has 0 fully saturated rings. The molecule has 0 amide bonds. The number of para-hydroxylation sites is 2. The lowest BCUT2D eigenvalue weighted by molar-refractivity contribution is 0.670. The zero-order valence-electron chi connectivity index (χ0n) is 25.6. The Hall–Kier alpha value is -5.92. The van der Waals surface area contributed by atoms with E-state index in [0.717, 1.165) is 33.1 Å². The van der Waals surface area contributed by atoms with Gasteiger partial charge >= 0.3 is 0 Å².